The number of aliphatic hydroxyl groups excluding tert-OH is 4. The van der Waals surface area contributed by atoms with Gasteiger partial charge in [0.1, 0.15) is 42.6 Å². The summed E-state index contributed by atoms with van der Waals surface area (Å²) in [6.07, 6.45) is -9.93. The first-order chi connectivity index (χ1) is 20.1. The predicted molar refractivity (Wildman–Crippen MR) is 150 cm³/mol. The smallest absolute Gasteiger partial charge is 0.326 e. The number of aliphatic imine (C=N–C) groups is 1. The maximum absolute atomic E-state index is 13.4. The maximum atomic E-state index is 13.4. The number of amides is 3. The van der Waals surface area contributed by atoms with Crippen LogP contribution < -0.4 is 38.5 Å². The van der Waals surface area contributed by atoms with Gasteiger partial charge >= 0.3 is 12.0 Å². The molecule has 0 aromatic rings. The van der Waals surface area contributed by atoms with E-state index >= 15 is 0 Å². The summed E-state index contributed by atoms with van der Waals surface area (Å²) >= 11 is 0. The number of carbonyl (C=O) groups is 3. The van der Waals surface area contributed by atoms with Crippen molar-refractivity contribution >= 4 is 23.9 Å². The zero-order chi connectivity index (χ0) is 32.2. The molecule has 246 valence electrons. The van der Waals surface area contributed by atoms with Gasteiger partial charge in [-0.15, -0.1) is 0 Å². The van der Waals surface area contributed by atoms with Crippen molar-refractivity contribution in [1.29, 1.82) is 0 Å². The number of aliphatic hydroxyl groups is 4. The Labute approximate surface area is 248 Å². The molecule has 15 N–H and O–H groups in total. The van der Waals surface area contributed by atoms with Crippen LogP contribution >= 0.6 is 0 Å². The zero-order valence-electron chi connectivity index (χ0n) is 24.4. The summed E-state index contributed by atoms with van der Waals surface area (Å²) in [4.78, 5) is 41.8. The molecule has 43 heavy (non-hydrogen) atoms. The molecule has 8 unspecified atom stereocenters. The summed E-state index contributed by atoms with van der Waals surface area (Å²) in [5.41, 5.74) is 17.7. The fourth-order valence-corrected chi connectivity index (χ4v) is 5.34. The van der Waals surface area contributed by atoms with Gasteiger partial charge in [-0.2, -0.15) is 0 Å². The highest BCUT2D eigenvalue weighted by Gasteiger charge is 2.52. The number of aliphatic carboxylic acids is 1. The molecule has 0 radical (unpaired) electrons. The highest BCUT2D eigenvalue weighted by molar-refractivity contribution is 5.89. The van der Waals surface area contributed by atoms with Crippen molar-refractivity contribution in [2.45, 2.75) is 119 Å². The van der Waals surface area contributed by atoms with E-state index in [0.717, 1.165) is 0 Å². The summed E-state index contributed by atoms with van der Waals surface area (Å²) < 4.78 is 11.3. The molecule has 2 aliphatic heterocycles. The van der Waals surface area contributed by atoms with Crippen LogP contribution in [0.15, 0.2) is 4.99 Å². The molecule has 11 atom stereocenters. The van der Waals surface area contributed by atoms with E-state index in [1.807, 2.05) is 0 Å². The van der Waals surface area contributed by atoms with E-state index < -0.39 is 91.0 Å². The van der Waals surface area contributed by atoms with E-state index in [9.17, 15) is 39.9 Å². The molecule has 0 spiro atoms. The lowest BCUT2D eigenvalue weighted by Gasteiger charge is -2.46. The highest BCUT2D eigenvalue weighted by atomic mass is 16.7. The number of hydrogen-bond donors (Lipinski definition) is 12. The van der Waals surface area contributed by atoms with Crippen molar-refractivity contribution in [3.8, 4) is 0 Å². The van der Waals surface area contributed by atoms with Gasteiger partial charge in [-0.05, 0) is 32.1 Å². The van der Waals surface area contributed by atoms with Crippen LogP contribution in [-0.4, -0.2) is 135 Å². The van der Waals surface area contributed by atoms with Gasteiger partial charge in [0.2, 0.25) is 5.91 Å². The fourth-order valence-electron chi connectivity index (χ4n) is 5.34. The summed E-state index contributed by atoms with van der Waals surface area (Å²) in [6.45, 7) is 5.46. The number of carboxylic acid groups (broad SMARTS) is 1. The summed E-state index contributed by atoms with van der Waals surface area (Å²) in [6, 6.07) is -6.65. The largest absolute Gasteiger partial charge is 0.480 e. The molecule has 1 saturated carbocycles. The number of rotatable bonds is 11. The van der Waals surface area contributed by atoms with Crippen LogP contribution in [0.25, 0.3) is 0 Å². The van der Waals surface area contributed by atoms with E-state index in [1.165, 1.54) is 0 Å². The summed E-state index contributed by atoms with van der Waals surface area (Å²) in [5.74, 6) is -2.08. The standard InChI is InChI=1S/C25H46N8O10/c1-8(2)4-14(22(39)40)32-25(41)31-13(5-10-7-29-24(28)30-10)21(38)33-15-16(34)18(36)20(19(37)17(15)35)43-23-12(27)6-11(26)9(3)42-23/h8-20,23,34-37H,4-7,26-27H2,1-3H3,(H,33,38)(H,39,40)(H3,28,29,30)(H2,31,32,41)/t9?,10-,11?,12?,13+,14+,15?,16?,17?,18?,19?,20?,23?/m1/s1. The predicted octanol–water partition coefficient (Wildman–Crippen LogP) is -5.05. The van der Waals surface area contributed by atoms with Gasteiger partial charge in [0.25, 0.3) is 0 Å². The minimum Gasteiger partial charge on any atom is -0.480 e. The number of carboxylic acids is 1. The molecule has 3 aliphatic rings. The molecule has 0 bridgehead atoms. The quantitative estimate of drug-likeness (QED) is 0.103. The molecule has 1 aliphatic carbocycles. The topological polar surface area (TPSA) is 309 Å². The summed E-state index contributed by atoms with van der Waals surface area (Å²) in [5, 5.41) is 62.8. The maximum Gasteiger partial charge on any atom is 0.326 e. The molecule has 2 heterocycles. The van der Waals surface area contributed by atoms with E-state index in [4.69, 9.17) is 26.7 Å². The molecular weight excluding hydrogens is 572 g/mol. The SMILES string of the molecule is CC(C)C[C@H](NC(=O)N[C@@H](C[C@@H]1CN=C(N)N1)C(=O)NC1C(O)C(O)C(OC2OC(C)C(N)CC2N)C(O)C1O)C(=O)O. The van der Waals surface area contributed by atoms with Crippen LogP contribution in [0.1, 0.15) is 40.0 Å². The third kappa shape index (κ3) is 8.85. The minimum atomic E-state index is -1.83. The number of guanidine groups is 1. The normalized spacial score (nSPS) is 37.5. The molecule has 0 aromatic heterocycles. The van der Waals surface area contributed by atoms with E-state index in [0.29, 0.717) is 6.42 Å². The van der Waals surface area contributed by atoms with Crippen molar-refractivity contribution in [3.63, 3.8) is 0 Å². The number of nitrogens with zero attached hydrogens (tertiary/aromatic N) is 1. The van der Waals surface area contributed by atoms with E-state index in [1.54, 1.807) is 20.8 Å². The molecular formula is C25H46N8O10. The first kappa shape index (κ1) is 34.6. The Morgan fingerprint density at radius 1 is 1.05 bits per heavy atom. The third-order valence-electron chi connectivity index (χ3n) is 7.84. The molecule has 3 rings (SSSR count). The fraction of sp³-hybridized carbons (Fsp3) is 0.840. The molecule has 1 saturated heterocycles. The number of nitrogens with two attached hydrogens (primary N) is 3. The molecule has 18 nitrogen and oxygen atoms in total. The highest BCUT2D eigenvalue weighted by Crippen LogP contribution is 2.28. The van der Waals surface area contributed by atoms with Gasteiger partial charge in [0, 0.05) is 6.04 Å². The average molecular weight is 619 g/mol. The van der Waals surface area contributed by atoms with Gasteiger partial charge in [0.05, 0.1) is 30.8 Å². The molecule has 18 heteroatoms. The van der Waals surface area contributed by atoms with Gasteiger partial charge in [0.15, 0.2) is 12.2 Å². The molecule has 0 aromatic carbocycles. The molecule has 2 fully saturated rings. The summed E-state index contributed by atoms with van der Waals surface area (Å²) in [7, 11) is 0. The second-order valence-corrected chi connectivity index (χ2v) is 11.9. The second kappa shape index (κ2) is 14.8. The third-order valence-corrected chi connectivity index (χ3v) is 7.84. The van der Waals surface area contributed by atoms with Crippen LogP contribution in [0, 0.1) is 5.92 Å². The second-order valence-electron chi connectivity index (χ2n) is 11.9. The van der Waals surface area contributed by atoms with Gasteiger partial charge < -0.3 is 73.5 Å². The monoisotopic (exact) mass is 618 g/mol. The zero-order valence-corrected chi connectivity index (χ0v) is 24.4. The van der Waals surface area contributed by atoms with Crippen LogP contribution in [0.3, 0.4) is 0 Å². The van der Waals surface area contributed by atoms with Crippen molar-refractivity contribution in [1.82, 2.24) is 21.3 Å². The van der Waals surface area contributed by atoms with Crippen molar-refractivity contribution in [2.24, 2.45) is 28.1 Å². The van der Waals surface area contributed by atoms with Gasteiger partial charge in [-0.1, -0.05) is 13.8 Å². The Kier molecular flexibility index (Phi) is 11.9. The Bertz CT molecular complexity index is 1000. The van der Waals surface area contributed by atoms with Crippen LogP contribution in [0.2, 0.25) is 0 Å². The molecule has 3 amide bonds. The lowest BCUT2D eigenvalue weighted by molar-refractivity contribution is -0.282. The van der Waals surface area contributed by atoms with E-state index in [2.05, 4.69) is 26.3 Å². The van der Waals surface area contributed by atoms with Crippen molar-refractivity contribution in [3.05, 3.63) is 0 Å². The van der Waals surface area contributed by atoms with Crippen molar-refractivity contribution in [2.75, 3.05) is 6.54 Å². The Hall–Kier alpha value is -2.84. The minimum absolute atomic E-state index is 0.0513. The van der Waals surface area contributed by atoms with Crippen LogP contribution in [0.4, 0.5) is 4.79 Å². The first-order valence-corrected chi connectivity index (χ1v) is 14.3. The first-order valence-electron chi connectivity index (χ1n) is 14.3. The van der Waals surface area contributed by atoms with E-state index in [-0.39, 0.29) is 37.3 Å². The average Bonchev–Trinajstić information content (AvgIpc) is 3.33. The van der Waals surface area contributed by atoms with Gasteiger partial charge in [-0.25, -0.2) is 9.59 Å². The lowest BCUT2D eigenvalue weighted by Crippen LogP contribution is -2.71. The Morgan fingerprint density at radius 2 is 1.65 bits per heavy atom. The number of urea groups is 1. The number of nitrogens with one attached hydrogen (secondary N) is 4. The number of ether oxygens (including phenoxy) is 2. The Balaban J connectivity index is 1.70. The number of hydrogen-bond acceptors (Lipinski definition) is 14. The van der Waals surface area contributed by atoms with Crippen LogP contribution in [0.5, 0.6) is 0 Å². The Morgan fingerprint density at radius 3 is 2.19 bits per heavy atom. The lowest BCUT2D eigenvalue weighted by atomic mass is 9.82. The van der Waals surface area contributed by atoms with Crippen LogP contribution in [-0.2, 0) is 19.1 Å². The number of carbonyl (C=O) groups excluding carboxylic acids is 2. The van der Waals surface area contributed by atoms with Crippen molar-refractivity contribution < 1.29 is 49.4 Å². The van der Waals surface area contributed by atoms with Gasteiger partial charge in [-0.3, -0.25) is 9.79 Å².